The van der Waals surface area contributed by atoms with E-state index < -0.39 is 23.1 Å². The highest BCUT2D eigenvalue weighted by atomic mass is 19.2. The standard InChI is InChI=1S/C24H25F2N5O3/c1-24(2,3)34-23(33)31-7-6-16-9-21(27-10-17(16)12-31)29-22(32)20-13-30(14-28-20)11-15-4-5-18(25)19(26)8-15/h4-5,8-10,13-14H,6-7,11-12H2,1-3H3,(H,27,29,32). The summed E-state index contributed by atoms with van der Waals surface area (Å²) in [6, 6.07) is 5.43. The van der Waals surface area contributed by atoms with Gasteiger partial charge in [0.15, 0.2) is 11.6 Å². The van der Waals surface area contributed by atoms with Crippen LogP contribution < -0.4 is 5.32 Å². The first-order valence-corrected chi connectivity index (χ1v) is 10.8. The molecule has 2 aromatic heterocycles. The maximum Gasteiger partial charge on any atom is 0.410 e. The van der Waals surface area contributed by atoms with Crippen molar-refractivity contribution in [2.24, 2.45) is 0 Å². The van der Waals surface area contributed by atoms with Gasteiger partial charge in [0.1, 0.15) is 17.1 Å². The second-order valence-electron chi connectivity index (χ2n) is 9.12. The number of hydrogen-bond donors (Lipinski definition) is 1. The van der Waals surface area contributed by atoms with Crippen LogP contribution in [-0.4, -0.2) is 43.6 Å². The number of halogens is 2. The van der Waals surface area contributed by atoms with Gasteiger partial charge in [-0.1, -0.05) is 6.07 Å². The summed E-state index contributed by atoms with van der Waals surface area (Å²) >= 11 is 0. The number of ether oxygens (including phenoxy) is 1. The van der Waals surface area contributed by atoms with Crippen LogP contribution in [0, 0.1) is 11.6 Å². The number of nitrogens with zero attached hydrogens (tertiary/aromatic N) is 4. The fourth-order valence-electron chi connectivity index (χ4n) is 3.58. The Hall–Kier alpha value is -3.82. The molecular weight excluding hydrogens is 444 g/mol. The van der Waals surface area contributed by atoms with E-state index in [2.05, 4.69) is 15.3 Å². The lowest BCUT2D eigenvalue weighted by atomic mass is 10.0. The zero-order valence-electron chi connectivity index (χ0n) is 19.1. The number of rotatable bonds is 4. The normalized spacial score (nSPS) is 13.4. The highest BCUT2D eigenvalue weighted by Crippen LogP contribution is 2.23. The number of imidazole rings is 1. The third-order valence-corrected chi connectivity index (χ3v) is 5.20. The second-order valence-corrected chi connectivity index (χ2v) is 9.12. The van der Waals surface area contributed by atoms with Gasteiger partial charge >= 0.3 is 6.09 Å². The first kappa shape index (κ1) is 23.3. The number of pyridine rings is 1. The summed E-state index contributed by atoms with van der Waals surface area (Å²) in [6.45, 7) is 6.61. The molecule has 0 saturated carbocycles. The molecule has 0 aliphatic carbocycles. The van der Waals surface area contributed by atoms with Crippen molar-refractivity contribution in [3.8, 4) is 0 Å². The van der Waals surface area contributed by atoms with Crippen LogP contribution in [0.25, 0.3) is 0 Å². The Morgan fingerprint density at radius 2 is 1.91 bits per heavy atom. The van der Waals surface area contributed by atoms with Crippen LogP contribution in [0.4, 0.5) is 19.4 Å². The average molecular weight is 469 g/mol. The minimum Gasteiger partial charge on any atom is -0.444 e. The molecule has 10 heteroatoms. The van der Waals surface area contributed by atoms with Gasteiger partial charge in [-0.05, 0) is 62.1 Å². The van der Waals surface area contributed by atoms with Crippen molar-refractivity contribution in [1.29, 1.82) is 0 Å². The van der Waals surface area contributed by atoms with E-state index in [1.807, 2.05) is 20.8 Å². The molecule has 3 heterocycles. The van der Waals surface area contributed by atoms with E-state index in [4.69, 9.17) is 4.74 Å². The summed E-state index contributed by atoms with van der Waals surface area (Å²) in [4.78, 5) is 35.0. The molecule has 1 aliphatic rings. The fourth-order valence-corrected chi connectivity index (χ4v) is 3.58. The lowest BCUT2D eigenvalue weighted by molar-refractivity contribution is 0.0223. The van der Waals surface area contributed by atoms with Gasteiger partial charge in [0.2, 0.25) is 0 Å². The van der Waals surface area contributed by atoms with Gasteiger partial charge in [0.05, 0.1) is 12.9 Å². The largest absolute Gasteiger partial charge is 0.444 e. The highest BCUT2D eigenvalue weighted by Gasteiger charge is 2.26. The lowest BCUT2D eigenvalue weighted by Gasteiger charge is -2.31. The van der Waals surface area contributed by atoms with Gasteiger partial charge in [-0.2, -0.15) is 0 Å². The third-order valence-electron chi connectivity index (χ3n) is 5.20. The second kappa shape index (κ2) is 9.20. The van der Waals surface area contributed by atoms with E-state index >= 15 is 0 Å². The first-order valence-electron chi connectivity index (χ1n) is 10.8. The maximum atomic E-state index is 13.4. The quantitative estimate of drug-likeness (QED) is 0.620. The average Bonchev–Trinajstić information content (AvgIpc) is 3.23. The number of aromatic nitrogens is 3. The van der Waals surface area contributed by atoms with Crippen molar-refractivity contribution in [1.82, 2.24) is 19.4 Å². The molecule has 0 atom stereocenters. The molecule has 34 heavy (non-hydrogen) atoms. The molecular formula is C24H25F2N5O3. The fraction of sp³-hybridized carbons (Fsp3) is 0.333. The van der Waals surface area contributed by atoms with E-state index in [0.29, 0.717) is 30.9 Å². The van der Waals surface area contributed by atoms with Crippen molar-refractivity contribution in [2.45, 2.75) is 45.9 Å². The number of nitrogens with one attached hydrogen (secondary N) is 1. The van der Waals surface area contributed by atoms with Crippen molar-refractivity contribution in [3.63, 3.8) is 0 Å². The summed E-state index contributed by atoms with van der Waals surface area (Å²) in [5, 5.41) is 2.73. The van der Waals surface area contributed by atoms with E-state index in [1.165, 1.54) is 18.6 Å². The molecule has 4 rings (SSSR count). The molecule has 0 radical (unpaired) electrons. The Balaban J connectivity index is 1.38. The van der Waals surface area contributed by atoms with Crippen molar-refractivity contribution < 1.29 is 23.1 Å². The lowest BCUT2D eigenvalue weighted by Crippen LogP contribution is -2.40. The monoisotopic (exact) mass is 469 g/mol. The summed E-state index contributed by atoms with van der Waals surface area (Å²) in [7, 11) is 0. The van der Waals surface area contributed by atoms with Crippen LogP contribution in [0.5, 0.6) is 0 Å². The van der Waals surface area contributed by atoms with Gasteiger partial charge in [-0.25, -0.2) is 23.5 Å². The zero-order valence-corrected chi connectivity index (χ0v) is 19.1. The van der Waals surface area contributed by atoms with Crippen LogP contribution in [0.15, 0.2) is 43.0 Å². The number of anilines is 1. The van der Waals surface area contributed by atoms with Crippen molar-refractivity contribution in [3.05, 3.63) is 77.0 Å². The molecule has 178 valence electrons. The Labute approximate surface area is 195 Å². The Bertz CT molecular complexity index is 1240. The molecule has 0 saturated heterocycles. The summed E-state index contributed by atoms with van der Waals surface area (Å²) < 4.78 is 33.5. The molecule has 0 unspecified atom stereocenters. The molecule has 1 aliphatic heterocycles. The van der Waals surface area contributed by atoms with Gasteiger partial charge in [0, 0.05) is 25.5 Å². The van der Waals surface area contributed by atoms with Crippen LogP contribution in [0.1, 0.15) is 48.0 Å². The van der Waals surface area contributed by atoms with Crippen molar-refractivity contribution >= 4 is 17.8 Å². The van der Waals surface area contributed by atoms with Gasteiger partial charge in [-0.15, -0.1) is 0 Å². The number of fused-ring (bicyclic) bond motifs is 1. The topological polar surface area (TPSA) is 89.4 Å². The smallest absolute Gasteiger partial charge is 0.410 e. The third kappa shape index (κ3) is 5.56. The van der Waals surface area contributed by atoms with Crippen LogP contribution in [0.3, 0.4) is 0 Å². The SMILES string of the molecule is CC(C)(C)OC(=O)N1CCc2cc(NC(=O)c3cn(Cc4ccc(F)c(F)c4)cn3)ncc2C1. The predicted molar refractivity (Wildman–Crippen MR) is 120 cm³/mol. The molecule has 3 aromatic rings. The Morgan fingerprint density at radius 3 is 2.65 bits per heavy atom. The Morgan fingerprint density at radius 1 is 1.12 bits per heavy atom. The van der Waals surface area contributed by atoms with Crippen LogP contribution in [-0.2, 0) is 24.2 Å². The van der Waals surface area contributed by atoms with E-state index in [1.54, 1.807) is 21.7 Å². The molecule has 0 spiro atoms. The number of hydrogen-bond acceptors (Lipinski definition) is 5. The summed E-state index contributed by atoms with van der Waals surface area (Å²) in [6.07, 6.45) is 4.86. The molecule has 1 N–H and O–H groups in total. The molecule has 0 bridgehead atoms. The molecule has 2 amide bonds. The minimum atomic E-state index is -0.928. The number of carbonyl (C=O) groups excluding carboxylic acids is 2. The van der Waals surface area contributed by atoms with Gasteiger partial charge in [0.25, 0.3) is 5.91 Å². The van der Waals surface area contributed by atoms with E-state index in [9.17, 15) is 18.4 Å². The maximum absolute atomic E-state index is 13.4. The van der Waals surface area contributed by atoms with Gasteiger partial charge in [-0.3, -0.25) is 4.79 Å². The molecule has 0 fully saturated rings. The number of amides is 2. The van der Waals surface area contributed by atoms with Crippen LogP contribution in [0.2, 0.25) is 0 Å². The number of carbonyl (C=O) groups is 2. The molecule has 1 aromatic carbocycles. The summed E-state index contributed by atoms with van der Waals surface area (Å²) in [5.74, 6) is -1.90. The predicted octanol–water partition coefficient (Wildman–Crippen LogP) is 4.15. The summed E-state index contributed by atoms with van der Waals surface area (Å²) in [5.41, 5.74) is 2.03. The first-order chi connectivity index (χ1) is 16.1. The number of benzene rings is 1. The Kier molecular flexibility index (Phi) is 6.32. The van der Waals surface area contributed by atoms with Crippen molar-refractivity contribution in [2.75, 3.05) is 11.9 Å². The highest BCUT2D eigenvalue weighted by molar-refractivity contribution is 6.02. The van der Waals surface area contributed by atoms with E-state index in [0.717, 1.165) is 23.3 Å². The van der Waals surface area contributed by atoms with E-state index in [-0.39, 0.29) is 18.3 Å². The van der Waals surface area contributed by atoms with Crippen LogP contribution >= 0.6 is 0 Å². The zero-order chi connectivity index (χ0) is 24.5. The minimum absolute atomic E-state index is 0.165. The molecule has 8 nitrogen and oxygen atoms in total. The van der Waals surface area contributed by atoms with Gasteiger partial charge < -0.3 is 19.5 Å².